The predicted molar refractivity (Wildman–Crippen MR) is 97.1 cm³/mol. The van der Waals surface area contributed by atoms with E-state index >= 15 is 0 Å². The highest BCUT2D eigenvalue weighted by atomic mass is 16.1. The molecular formula is C22H15NO. The minimum absolute atomic E-state index is 0.0213. The van der Waals surface area contributed by atoms with Gasteiger partial charge in [-0.3, -0.25) is 9.78 Å². The van der Waals surface area contributed by atoms with E-state index in [4.69, 9.17) is 0 Å². The molecule has 2 nitrogen and oxygen atoms in total. The second kappa shape index (κ2) is 6.09. The van der Waals surface area contributed by atoms with Gasteiger partial charge in [-0.15, -0.1) is 0 Å². The van der Waals surface area contributed by atoms with Crippen molar-refractivity contribution in [2.45, 2.75) is 0 Å². The van der Waals surface area contributed by atoms with Crippen molar-refractivity contribution >= 4 is 16.6 Å². The number of rotatable bonds is 3. The third-order valence-corrected chi connectivity index (χ3v) is 4.13. The van der Waals surface area contributed by atoms with Gasteiger partial charge in [0.05, 0.1) is 5.69 Å². The summed E-state index contributed by atoms with van der Waals surface area (Å²) < 4.78 is 0. The molecule has 4 rings (SSSR count). The van der Waals surface area contributed by atoms with Gasteiger partial charge in [-0.1, -0.05) is 72.8 Å². The number of fused-ring (bicyclic) bond motifs is 1. The molecule has 0 radical (unpaired) electrons. The highest BCUT2D eigenvalue weighted by Gasteiger charge is 2.18. The number of ketones is 1. The molecule has 0 aliphatic heterocycles. The molecule has 1 aromatic heterocycles. The molecule has 114 valence electrons. The van der Waals surface area contributed by atoms with Crippen LogP contribution in [-0.2, 0) is 0 Å². The first-order valence-electron chi connectivity index (χ1n) is 7.87. The number of benzene rings is 3. The lowest BCUT2D eigenvalue weighted by Crippen LogP contribution is -2.05. The molecule has 0 fully saturated rings. The summed E-state index contributed by atoms with van der Waals surface area (Å²) in [6.07, 6.45) is 1.75. The SMILES string of the molecule is O=C(c1ccccc1)c1c(-c2ccccn2)ccc2ccccc12. The zero-order valence-corrected chi connectivity index (χ0v) is 13.0. The molecule has 24 heavy (non-hydrogen) atoms. The lowest BCUT2D eigenvalue weighted by atomic mass is 9.91. The highest BCUT2D eigenvalue weighted by Crippen LogP contribution is 2.31. The molecule has 0 aliphatic carbocycles. The Labute approximate surface area is 140 Å². The maximum atomic E-state index is 13.2. The van der Waals surface area contributed by atoms with Gasteiger partial charge in [-0.05, 0) is 22.9 Å². The van der Waals surface area contributed by atoms with Crippen LogP contribution in [0.5, 0.6) is 0 Å². The average molecular weight is 309 g/mol. The van der Waals surface area contributed by atoms with E-state index < -0.39 is 0 Å². The smallest absolute Gasteiger partial charge is 0.194 e. The predicted octanol–water partition coefficient (Wildman–Crippen LogP) is 5.13. The van der Waals surface area contributed by atoms with E-state index in [1.807, 2.05) is 84.9 Å². The largest absolute Gasteiger partial charge is 0.289 e. The molecule has 0 spiro atoms. The summed E-state index contributed by atoms with van der Waals surface area (Å²) in [5, 5.41) is 2.01. The highest BCUT2D eigenvalue weighted by molar-refractivity contribution is 6.20. The van der Waals surface area contributed by atoms with E-state index in [2.05, 4.69) is 4.98 Å². The van der Waals surface area contributed by atoms with Crippen molar-refractivity contribution in [2.75, 3.05) is 0 Å². The molecule has 0 saturated carbocycles. The number of aromatic nitrogens is 1. The van der Waals surface area contributed by atoms with E-state index in [1.165, 1.54) is 0 Å². The van der Waals surface area contributed by atoms with Crippen LogP contribution in [0.25, 0.3) is 22.0 Å². The van der Waals surface area contributed by atoms with Gasteiger partial charge in [0.25, 0.3) is 0 Å². The molecule has 0 bridgehead atoms. The topological polar surface area (TPSA) is 30.0 Å². The summed E-state index contributed by atoms with van der Waals surface area (Å²) in [5.74, 6) is 0.0213. The summed E-state index contributed by atoms with van der Waals surface area (Å²) in [6.45, 7) is 0. The van der Waals surface area contributed by atoms with E-state index in [-0.39, 0.29) is 5.78 Å². The molecule has 2 heteroatoms. The van der Waals surface area contributed by atoms with Crippen molar-refractivity contribution in [1.29, 1.82) is 0 Å². The Kier molecular flexibility index (Phi) is 3.64. The monoisotopic (exact) mass is 309 g/mol. The fraction of sp³-hybridized carbons (Fsp3) is 0. The Morgan fingerprint density at radius 3 is 2.25 bits per heavy atom. The van der Waals surface area contributed by atoms with Crippen LogP contribution in [0.15, 0.2) is 91.1 Å². The van der Waals surface area contributed by atoms with Gasteiger partial charge in [0.1, 0.15) is 0 Å². The third-order valence-electron chi connectivity index (χ3n) is 4.13. The van der Waals surface area contributed by atoms with Crippen LogP contribution in [0.1, 0.15) is 15.9 Å². The van der Waals surface area contributed by atoms with Crippen molar-refractivity contribution < 1.29 is 4.79 Å². The van der Waals surface area contributed by atoms with Crippen LogP contribution >= 0.6 is 0 Å². The second-order valence-corrected chi connectivity index (χ2v) is 5.62. The van der Waals surface area contributed by atoms with Gasteiger partial charge in [-0.2, -0.15) is 0 Å². The molecule has 0 N–H and O–H groups in total. The zero-order chi connectivity index (χ0) is 16.4. The van der Waals surface area contributed by atoms with Crippen LogP contribution in [0.3, 0.4) is 0 Å². The number of nitrogens with zero attached hydrogens (tertiary/aromatic N) is 1. The standard InChI is InChI=1S/C22H15NO/c24-22(17-9-2-1-3-10-17)21-18-11-5-4-8-16(18)13-14-19(21)20-12-6-7-15-23-20/h1-15H. The van der Waals surface area contributed by atoms with Gasteiger partial charge < -0.3 is 0 Å². The molecule has 4 aromatic rings. The summed E-state index contributed by atoms with van der Waals surface area (Å²) in [6, 6.07) is 27.2. The van der Waals surface area contributed by atoms with Crippen LogP contribution < -0.4 is 0 Å². The molecule has 3 aromatic carbocycles. The van der Waals surface area contributed by atoms with Crippen LogP contribution in [0.2, 0.25) is 0 Å². The average Bonchev–Trinajstić information content (AvgIpc) is 2.68. The Balaban J connectivity index is 2.02. The number of hydrogen-bond acceptors (Lipinski definition) is 2. The first kappa shape index (κ1) is 14.3. The Morgan fingerprint density at radius 1 is 0.708 bits per heavy atom. The normalized spacial score (nSPS) is 10.7. The number of carbonyl (C=O) groups is 1. The zero-order valence-electron chi connectivity index (χ0n) is 13.0. The molecule has 0 saturated heterocycles. The first-order valence-corrected chi connectivity index (χ1v) is 7.87. The van der Waals surface area contributed by atoms with E-state index in [9.17, 15) is 4.79 Å². The molecule has 0 amide bonds. The van der Waals surface area contributed by atoms with Gasteiger partial charge in [-0.25, -0.2) is 0 Å². The molecule has 1 heterocycles. The van der Waals surface area contributed by atoms with Crippen LogP contribution in [0, 0.1) is 0 Å². The minimum atomic E-state index is 0.0213. The van der Waals surface area contributed by atoms with Crippen molar-refractivity contribution in [2.24, 2.45) is 0 Å². The fourth-order valence-electron chi connectivity index (χ4n) is 2.99. The van der Waals surface area contributed by atoms with E-state index in [0.717, 1.165) is 22.0 Å². The van der Waals surface area contributed by atoms with Crippen LogP contribution in [-0.4, -0.2) is 10.8 Å². The summed E-state index contributed by atoms with van der Waals surface area (Å²) >= 11 is 0. The minimum Gasteiger partial charge on any atom is -0.289 e. The van der Waals surface area contributed by atoms with Gasteiger partial charge in [0, 0.05) is 22.9 Å². The number of hydrogen-bond donors (Lipinski definition) is 0. The van der Waals surface area contributed by atoms with Gasteiger partial charge in [0.15, 0.2) is 5.78 Å². The van der Waals surface area contributed by atoms with E-state index in [0.29, 0.717) is 11.1 Å². The van der Waals surface area contributed by atoms with Crippen molar-refractivity contribution in [3.05, 3.63) is 102 Å². The lowest BCUT2D eigenvalue weighted by molar-refractivity contribution is 0.104. The Bertz CT molecular complexity index is 1010. The third kappa shape index (κ3) is 2.48. The van der Waals surface area contributed by atoms with E-state index in [1.54, 1.807) is 6.20 Å². The Morgan fingerprint density at radius 2 is 1.46 bits per heavy atom. The van der Waals surface area contributed by atoms with Crippen molar-refractivity contribution in [3.8, 4) is 11.3 Å². The summed E-state index contributed by atoms with van der Waals surface area (Å²) in [5.41, 5.74) is 3.06. The lowest BCUT2D eigenvalue weighted by Gasteiger charge is -2.12. The number of pyridine rings is 1. The molecule has 0 atom stereocenters. The summed E-state index contributed by atoms with van der Waals surface area (Å²) in [7, 11) is 0. The summed E-state index contributed by atoms with van der Waals surface area (Å²) in [4.78, 5) is 17.7. The Hall–Kier alpha value is -3.26. The maximum Gasteiger partial charge on any atom is 0.194 e. The van der Waals surface area contributed by atoms with Gasteiger partial charge >= 0.3 is 0 Å². The molecule has 0 aliphatic rings. The first-order chi connectivity index (χ1) is 11.8. The molecule has 0 unspecified atom stereocenters. The second-order valence-electron chi connectivity index (χ2n) is 5.62. The van der Waals surface area contributed by atoms with Crippen LogP contribution in [0.4, 0.5) is 0 Å². The fourth-order valence-corrected chi connectivity index (χ4v) is 2.99. The quantitative estimate of drug-likeness (QED) is 0.491. The molecular weight excluding hydrogens is 294 g/mol. The maximum absolute atomic E-state index is 13.2. The number of carbonyl (C=O) groups excluding carboxylic acids is 1. The van der Waals surface area contributed by atoms with Crippen molar-refractivity contribution in [3.63, 3.8) is 0 Å². The van der Waals surface area contributed by atoms with Gasteiger partial charge in [0.2, 0.25) is 0 Å². The van der Waals surface area contributed by atoms with Crippen molar-refractivity contribution in [1.82, 2.24) is 4.98 Å².